The Morgan fingerprint density at radius 2 is 1.85 bits per heavy atom. The number of nitrogens with one attached hydrogen (secondary N) is 1. The van der Waals surface area contributed by atoms with Crippen molar-refractivity contribution in [1.29, 1.82) is 0 Å². The van der Waals surface area contributed by atoms with Gasteiger partial charge < -0.3 is 10.4 Å². The van der Waals surface area contributed by atoms with Crippen LogP contribution in [0.3, 0.4) is 0 Å². The monoisotopic (exact) mass is 595 g/mol. The predicted molar refractivity (Wildman–Crippen MR) is 140 cm³/mol. The highest BCUT2D eigenvalue weighted by Gasteiger charge is 2.40. The van der Waals surface area contributed by atoms with E-state index >= 15 is 0 Å². The molecule has 2 heterocycles. The average Bonchev–Trinajstić information content (AvgIpc) is 3.30. The van der Waals surface area contributed by atoms with Crippen LogP contribution < -0.4 is 11.0 Å². The first-order valence-electron chi connectivity index (χ1n) is 12.0. The van der Waals surface area contributed by atoms with Gasteiger partial charge in [-0.2, -0.15) is 13.2 Å². The first-order chi connectivity index (χ1) is 18.8. The Morgan fingerprint density at radius 1 is 1.15 bits per heavy atom. The van der Waals surface area contributed by atoms with Gasteiger partial charge in [0.25, 0.3) is 5.91 Å². The number of para-hydroxylation sites is 1. The molecule has 15 heteroatoms. The van der Waals surface area contributed by atoms with Crippen LogP contribution in [0.1, 0.15) is 35.9 Å². The molecule has 0 spiro atoms. The summed E-state index contributed by atoms with van der Waals surface area (Å²) >= 11 is 12.3. The first-order valence-corrected chi connectivity index (χ1v) is 12.8. The van der Waals surface area contributed by atoms with Crippen LogP contribution in [0, 0.1) is 0 Å². The molecule has 10 nitrogen and oxygen atoms in total. The summed E-state index contributed by atoms with van der Waals surface area (Å²) in [5, 5.41) is 21.8. The molecule has 1 saturated carbocycles. The lowest BCUT2D eigenvalue weighted by Gasteiger charge is -2.15. The molecule has 210 valence electrons. The third-order valence-corrected chi connectivity index (χ3v) is 7.02. The van der Waals surface area contributed by atoms with Crippen LogP contribution in [0.25, 0.3) is 17.1 Å². The number of carbonyl (C=O) groups excluding carboxylic acids is 1. The number of benzene rings is 2. The number of hydrogen-bond donors (Lipinski definition) is 2. The molecule has 1 aliphatic rings. The number of hydrogen-bond acceptors (Lipinski definition) is 6. The molecule has 0 bridgehead atoms. The third-order valence-electron chi connectivity index (χ3n) is 6.46. The van der Waals surface area contributed by atoms with Gasteiger partial charge in [-0.25, -0.2) is 19.1 Å². The fourth-order valence-electron chi connectivity index (χ4n) is 3.99. The van der Waals surface area contributed by atoms with Crippen LogP contribution in [0.5, 0.6) is 0 Å². The van der Waals surface area contributed by atoms with Crippen molar-refractivity contribution in [3.63, 3.8) is 0 Å². The van der Waals surface area contributed by atoms with E-state index in [-0.39, 0.29) is 45.9 Å². The van der Waals surface area contributed by atoms with Crippen molar-refractivity contribution in [3.05, 3.63) is 80.7 Å². The van der Waals surface area contributed by atoms with Gasteiger partial charge >= 0.3 is 11.9 Å². The second-order valence-corrected chi connectivity index (χ2v) is 10.5. The number of amides is 1. The van der Waals surface area contributed by atoms with Crippen LogP contribution in [0.4, 0.5) is 13.2 Å². The summed E-state index contributed by atoms with van der Waals surface area (Å²) in [6, 6.07) is 10.8. The van der Waals surface area contributed by atoms with E-state index in [0.717, 1.165) is 22.1 Å². The summed E-state index contributed by atoms with van der Waals surface area (Å²) in [5.74, 6) is -0.366. The molecule has 0 saturated heterocycles. The first kappa shape index (κ1) is 27.9. The van der Waals surface area contributed by atoms with E-state index in [1.807, 2.05) is 6.92 Å². The smallest absolute Gasteiger partial charge is 0.382 e. The maximum Gasteiger partial charge on any atom is 0.416 e. The molecule has 4 aromatic rings. The van der Waals surface area contributed by atoms with E-state index < -0.39 is 24.5 Å². The van der Waals surface area contributed by atoms with Crippen LogP contribution in [0.2, 0.25) is 10.0 Å². The van der Waals surface area contributed by atoms with Crippen LogP contribution >= 0.6 is 23.2 Å². The molecule has 1 fully saturated rings. The molecule has 2 N–H and O–H groups in total. The number of halogens is 5. The molecule has 2 aromatic carbocycles. The quantitative estimate of drug-likeness (QED) is 0.319. The Balaban J connectivity index is 1.48. The maximum atomic E-state index is 13.1. The summed E-state index contributed by atoms with van der Waals surface area (Å²) in [5.41, 5.74) is -0.335. The van der Waals surface area contributed by atoms with Gasteiger partial charge in [0.1, 0.15) is 12.9 Å². The molecule has 5 rings (SSSR count). The Hall–Kier alpha value is -3.68. The second kappa shape index (κ2) is 10.4. The van der Waals surface area contributed by atoms with Crippen molar-refractivity contribution in [3.8, 4) is 17.1 Å². The lowest BCUT2D eigenvalue weighted by atomic mass is 10.1. The number of carbonyl (C=O) groups is 1. The number of alkyl halides is 3. The maximum absolute atomic E-state index is 13.1. The molecule has 1 aliphatic carbocycles. The van der Waals surface area contributed by atoms with Gasteiger partial charge in [0.05, 0.1) is 22.8 Å². The normalized spacial score (nSPS) is 15.2. The van der Waals surface area contributed by atoms with E-state index in [9.17, 15) is 27.9 Å². The highest BCUT2D eigenvalue weighted by molar-refractivity contribution is 6.33. The van der Waals surface area contributed by atoms with Crippen molar-refractivity contribution < 1.29 is 23.1 Å². The van der Waals surface area contributed by atoms with Gasteiger partial charge in [-0.15, -0.1) is 10.2 Å². The molecular formula is C25H22Cl2F3N7O3. The largest absolute Gasteiger partial charge is 0.416 e. The summed E-state index contributed by atoms with van der Waals surface area (Å²) in [4.78, 5) is 30.3. The SMILES string of the molecule is CC1(NC(=O)c2cccc(Cl)c2-n2cnc(Cn3nc(-c4ccc(Cl)cc4)n(C[C@@H](O)C(F)(F)F)c3=O)n2)CC1. The van der Waals surface area contributed by atoms with Gasteiger partial charge in [-0.05, 0) is 56.2 Å². The predicted octanol–water partition coefficient (Wildman–Crippen LogP) is 3.85. The topological polar surface area (TPSA) is 120 Å². The van der Waals surface area contributed by atoms with E-state index in [4.69, 9.17) is 23.2 Å². The zero-order chi connectivity index (χ0) is 28.8. The Bertz CT molecular complexity index is 1630. The molecule has 40 heavy (non-hydrogen) atoms. The average molecular weight is 596 g/mol. The summed E-state index contributed by atoms with van der Waals surface area (Å²) < 4.78 is 42.3. The molecule has 1 atom stereocenters. The standard InChI is InChI=1S/C25H22Cl2F3N7O3/c1-24(9-10-24)32-22(39)16-3-2-4-17(27)20(16)37-13-31-19(33-37)12-36-23(40)35(11-18(38)25(28,29)30)21(34-36)14-5-7-15(26)8-6-14/h2-8,13,18,38H,9-12H2,1H3,(H,32,39)/t18-/m1/s1. The van der Waals surface area contributed by atoms with Gasteiger partial charge in [-0.3, -0.25) is 9.36 Å². The molecule has 1 amide bonds. The van der Waals surface area contributed by atoms with E-state index in [1.165, 1.54) is 35.3 Å². The third kappa shape index (κ3) is 5.76. The van der Waals surface area contributed by atoms with E-state index in [0.29, 0.717) is 10.6 Å². The van der Waals surface area contributed by atoms with E-state index in [1.54, 1.807) is 18.2 Å². The summed E-state index contributed by atoms with van der Waals surface area (Å²) in [6.45, 7) is 0.552. The van der Waals surface area contributed by atoms with Crippen molar-refractivity contribution in [1.82, 2.24) is 34.4 Å². The van der Waals surface area contributed by atoms with Crippen LogP contribution in [-0.2, 0) is 13.1 Å². The van der Waals surface area contributed by atoms with E-state index in [2.05, 4.69) is 20.5 Å². The zero-order valence-electron chi connectivity index (χ0n) is 20.9. The fourth-order valence-corrected chi connectivity index (χ4v) is 4.38. The lowest BCUT2D eigenvalue weighted by molar-refractivity contribution is -0.207. The minimum atomic E-state index is -4.95. The van der Waals surface area contributed by atoms with Crippen LogP contribution in [0.15, 0.2) is 53.6 Å². The Kier molecular flexibility index (Phi) is 7.23. The van der Waals surface area contributed by atoms with Crippen LogP contribution in [-0.4, -0.2) is 57.9 Å². The van der Waals surface area contributed by atoms with Crippen molar-refractivity contribution in [2.45, 2.75) is 50.7 Å². The number of rotatable bonds is 8. The molecule has 0 unspecified atom stereocenters. The molecular weight excluding hydrogens is 574 g/mol. The molecule has 2 aromatic heterocycles. The number of aromatic nitrogens is 6. The molecule has 0 aliphatic heterocycles. The highest BCUT2D eigenvalue weighted by atomic mass is 35.5. The highest BCUT2D eigenvalue weighted by Crippen LogP contribution is 2.35. The zero-order valence-corrected chi connectivity index (χ0v) is 22.4. The lowest BCUT2D eigenvalue weighted by Crippen LogP contribution is -2.37. The second-order valence-electron chi connectivity index (χ2n) is 9.69. The fraction of sp³-hybridized carbons (Fsp3) is 0.320. The Labute approximate surface area is 235 Å². The minimum Gasteiger partial charge on any atom is -0.382 e. The van der Waals surface area contributed by atoms with Gasteiger partial charge in [0, 0.05) is 16.1 Å². The van der Waals surface area contributed by atoms with Crippen molar-refractivity contribution in [2.75, 3.05) is 0 Å². The van der Waals surface area contributed by atoms with Gasteiger partial charge in [0.2, 0.25) is 0 Å². The summed E-state index contributed by atoms with van der Waals surface area (Å²) in [7, 11) is 0. The number of aliphatic hydroxyl groups excluding tert-OH is 1. The van der Waals surface area contributed by atoms with Crippen molar-refractivity contribution >= 4 is 29.1 Å². The Morgan fingerprint density at radius 3 is 2.50 bits per heavy atom. The summed E-state index contributed by atoms with van der Waals surface area (Å²) in [6.07, 6.45) is -4.71. The van der Waals surface area contributed by atoms with Gasteiger partial charge in [-0.1, -0.05) is 29.3 Å². The van der Waals surface area contributed by atoms with Crippen molar-refractivity contribution in [2.24, 2.45) is 0 Å². The minimum absolute atomic E-state index is 0.0752. The molecule has 0 radical (unpaired) electrons. The number of aliphatic hydroxyl groups is 1. The van der Waals surface area contributed by atoms with Gasteiger partial charge in [0.15, 0.2) is 17.8 Å². The number of nitrogens with zero attached hydrogens (tertiary/aromatic N) is 6.